The van der Waals surface area contributed by atoms with Gasteiger partial charge in [-0.1, -0.05) is 36.4 Å². The van der Waals surface area contributed by atoms with Crippen molar-refractivity contribution in [3.05, 3.63) is 130 Å². The van der Waals surface area contributed by atoms with Gasteiger partial charge in [-0.15, -0.1) is 0 Å². The van der Waals surface area contributed by atoms with E-state index < -0.39 is 14.8 Å². The van der Waals surface area contributed by atoms with Crippen LogP contribution in [-0.2, 0) is 16.6 Å². The number of carbonyl (C=O) groups excluding carboxylic acids is 1. The van der Waals surface area contributed by atoms with Crippen LogP contribution in [0.2, 0.25) is 0 Å². The number of amides is 1. The molecule has 0 radical (unpaired) electrons. The van der Waals surface area contributed by atoms with Crippen LogP contribution in [0.5, 0.6) is 5.75 Å². The van der Waals surface area contributed by atoms with Gasteiger partial charge in [0.05, 0.1) is 17.8 Å². The molecule has 0 bridgehead atoms. The molecule has 10 heteroatoms. The number of hydrogen-bond donors (Lipinski definition) is 1. The number of fused-ring (bicyclic) bond motifs is 1. The van der Waals surface area contributed by atoms with Crippen molar-refractivity contribution >= 4 is 49.4 Å². The molecule has 0 aliphatic heterocycles. The molecular weight excluding hydrogens is 675 g/mol. The fourth-order valence-electron chi connectivity index (χ4n) is 5.25. The molecule has 1 aliphatic carbocycles. The second-order valence-corrected chi connectivity index (χ2v) is 14.1. The number of aromatic nitrogens is 3. The molecule has 0 saturated carbocycles. The van der Waals surface area contributed by atoms with Crippen molar-refractivity contribution in [3.8, 4) is 17.0 Å². The fraction of sp³-hybridized carbons (Fsp3) is 0.152. The van der Waals surface area contributed by atoms with Gasteiger partial charge in [0, 0.05) is 39.5 Å². The second kappa shape index (κ2) is 11.5. The topological polar surface area (TPSA) is 95.2 Å². The Morgan fingerprint density at radius 2 is 1.86 bits per heavy atom. The number of nitrogens with zero attached hydrogens (tertiary/aromatic N) is 3. The summed E-state index contributed by atoms with van der Waals surface area (Å²) in [4.78, 5) is 12.4. The Morgan fingerprint density at radius 1 is 1.05 bits per heavy atom. The fourth-order valence-corrected chi connectivity index (χ4v) is 7.52. The van der Waals surface area contributed by atoms with Gasteiger partial charge in [0.2, 0.25) is 10.0 Å². The van der Waals surface area contributed by atoms with Crippen molar-refractivity contribution in [2.45, 2.75) is 24.6 Å². The third-order valence-corrected chi connectivity index (χ3v) is 10.5. The average Bonchev–Trinajstić information content (AvgIpc) is 3.65. The van der Waals surface area contributed by atoms with Crippen LogP contribution in [0.25, 0.3) is 22.2 Å². The van der Waals surface area contributed by atoms with Crippen molar-refractivity contribution in [1.82, 2.24) is 19.1 Å². The summed E-state index contributed by atoms with van der Waals surface area (Å²) in [6, 6.07) is 24.6. The summed E-state index contributed by atoms with van der Waals surface area (Å²) in [6.45, 7) is 2.35. The molecule has 43 heavy (non-hydrogen) atoms. The monoisotopic (exact) mass is 704 g/mol. The maximum Gasteiger partial charge on any atom is 0.251 e. The Labute approximate surface area is 263 Å². The zero-order chi connectivity index (χ0) is 30.2. The largest absolute Gasteiger partial charge is 0.458 e. The summed E-state index contributed by atoms with van der Waals surface area (Å²) < 4.78 is 37.3. The van der Waals surface area contributed by atoms with Crippen molar-refractivity contribution in [3.63, 3.8) is 0 Å². The SMILES string of the molecule is CNC(=O)c1cccc2c1ccn2S(=O)(=O)C1(C)C=C(Oc2cccc(-c3ccn(Cc4cccc(I)c4)n3)c2)C=CC1. The molecule has 1 unspecified atom stereocenters. The summed E-state index contributed by atoms with van der Waals surface area (Å²) in [5, 5.41) is 7.93. The Bertz CT molecular complexity index is 2030. The van der Waals surface area contributed by atoms with E-state index in [1.807, 2.05) is 53.4 Å². The van der Waals surface area contributed by atoms with Gasteiger partial charge in [-0.25, -0.2) is 12.4 Å². The smallest absolute Gasteiger partial charge is 0.251 e. The van der Waals surface area contributed by atoms with Gasteiger partial charge in [0.25, 0.3) is 5.91 Å². The van der Waals surface area contributed by atoms with Crippen LogP contribution >= 0.6 is 22.6 Å². The van der Waals surface area contributed by atoms with E-state index >= 15 is 0 Å². The Morgan fingerprint density at radius 3 is 2.67 bits per heavy atom. The normalized spacial score (nSPS) is 16.7. The minimum absolute atomic E-state index is 0.273. The van der Waals surface area contributed by atoms with E-state index in [0.717, 1.165) is 11.3 Å². The van der Waals surface area contributed by atoms with Gasteiger partial charge in [-0.2, -0.15) is 5.10 Å². The number of ether oxygens (including phenoxy) is 1. The number of carbonyl (C=O) groups is 1. The van der Waals surface area contributed by atoms with Crippen molar-refractivity contribution in [2.24, 2.45) is 0 Å². The first-order valence-corrected chi connectivity index (χ1v) is 16.2. The first kappa shape index (κ1) is 28.9. The van der Waals surface area contributed by atoms with Crippen LogP contribution in [0, 0.1) is 3.57 Å². The van der Waals surface area contributed by atoms with E-state index in [9.17, 15) is 13.2 Å². The molecule has 1 aliphatic rings. The molecule has 0 fully saturated rings. The number of hydrogen-bond acceptors (Lipinski definition) is 5. The molecule has 1 N–H and O–H groups in total. The van der Waals surface area contributed by atoms with Crippen LogP contribution in [0.3, 0.4) is 0 Å². The van der Waals surface area contributed by atoms with E-state index in [1.54, 1.807) is 50.4 Å². The Balaban J connectivity index is 1.25. The number of rotatable bonds is 8. The maximum atomic E-state index is 14.0. The molecule has 2 aromatic heterocycles. The lowest BCUT2D eigenvalue weighted by molar-refractivity contribution is 0.0964. The third-order valence-electron chi connectivity index (χ3n) is 7.51. The maximum absolute atomic E-state index is 14.0. The molecule has 8 nitrogen and oxygen atoms in total. The van der Waals surface area contributed by atoms with Gasteiger partial charge in [0.1, 0.15) is 16.3 Å². The zero-order valence-electron chi connectivity index (χ0n) is 23.6. The third kappa shape index (κ3) is 5.64. The van der Waals surface area contributed by atoms with E-state index in [0.29, 0.717) is 34.5 Å². The molecule has 1 atom stereocenters. The van der Waals surface area contributed by atoms with Gasteiger partial charge in [-0.3, -0.25) is 9.48 Å². The predicted octanol–water partition coefficient (Wildman–Crippen LogP) is 6.38. The predicted molar refractivity (Wildman–Crippen MR) is 176 cm³/mol. The number of allylic oxidation sites excluding steroid dienone is 2. The Hall–Kier alpha value is -4.16. The van der Waals surface area contributed by atoms with Crippen LogP contribution < -0.4 is 10.1 Å². The van der Waals surface area contributed by atoms with E-state index in [-0.39, 0.29) is 12.3 Å². The van der Waals surface area contributed by atoms with Crippen LogP contribution in [0.15, 0.2) is 115 Å². The summed E-state index contributed by atoms with van der Waals surface area (Å²) in [5.41, 5.74) is 3.74. The van der Waals surface area contributed by atoms with Crippen molar-refractivity contribution < 1.29 is 17.9 Å². The first-order valence-electron chi connectivity index (χ1n) is 13.7. The molecule has 0 saturated heterocycles. The lowest BCUT2D eigenvalue weighted by Crippen LogP contribution is -2.38. The first-order chi connectivity index (χ1) is 20.7. The van der Waals surface area contributed by atoms with E-state index in [1.165, 1.54) is 19.3 Å². The quantitative estimate of drug-likeness (QED) is 0.190. The van der Waals surface area contributed by atoms with E-state index in [4.69, 9.17) is 9.84 Å². The number of halogens is 1. The molecule has 2 heterocycles. The van der Waals surface area contributed by atoms with Crippen LogP contribution in [0.4, 0.5) is 0 Å². The minimum Gasteiger partial charge on any atom is -0.458 e. The summed E-state index contributed by atoms with van der Waals surface area (Å²) in [7, 11) is -2.39. The summed E-state index contributed by atoms with van der Waals surface area (Å²) in [5.74, 6) is 0.730. The molecule has 1 amide bonds. The minimum atomic E-state index is -3.93. The molecular formula is C33H29IN4O4S. The van der Waals surface area contributed by atoms with Gasteiger partial charge in [-0.05, 0) is 102 Å². The highest BCUT2D eigenvalue weighted by Gasteiger charge is 2.40. The second-order valence-electron chi connectivity index (χ2n) is 10.6. The van der Waals surface area contributed by atoms with Crippen molar-refractivity contribution in [1.29, 1.82) is 0 Å². The Kier molecular flexibility index (Phi) is 7.74. The number of benzene rings is 3. The van der Waals surface area contributed by atoms with Gasteiger partial charge < -0.3 is 10.1 Å². The standard InChI is InChI=1S/C33H29IN4O4S/c1-33(43(40,41)38-18-14-28-29(32(39)35-2)12-5-13-31(28)38)16-6-11-27(21-33)42-26-10-4-8-24(20-26)30-15-17-37(36-30)22-23-7-3-9-25(34)19-23/h3-15,17-21H,16,22H2,1-2H3,(H,35,39). The molecule has 3 aromatic carbocycles. The van der Waals surface area contributed by atoms with Crippen LogP contribution in [0.1, 0.15) is 29.3 Å². The highest BCUT2D eigenvalue weighted by molar-refractivity contribution is 14.1. The lowest BCUT2D eigenvalue weighted by Gasteiger charge is -2.29. The van der Waals surface area contributed by atoms with Crippen LogP contribution in [-0.4, -0.2) is 39.9 Å². The summed E-state index contributed by atoms with van der Waals surface area (Å²) in [6.07, 6.45) is 8.98. The highest BCUT2D eigenvalue weighted by Crippen LogP contribution is 2.35. The highest BCUT2D eigenvalue weighted by atomic mass is 127. The van der Waals surface area contributed by atoms with Gasteiger partial charge >= 0.3 is 0 Å². The molecule has 6 rings (SSSR count). The van der Waals surface area contributed by atoms with Gasteiger partial charge in [0.15, 0.2) is 0 Å². The average molecular weight is 705 g/mol. The summed E-state index contributed by atoms with van der Waals surface area (Å²) >= 11 is 2.30. The van der Waals surface area contributed by atoms with E-state index in [2.05, 4.69) is 46.1 Å². The van der Waals surface area contributed by atoms with Crippen molar-refractivity contribution in [2.75, 3.05) is 7.05 Å². The lowest BCUT2D eigenvalue weighted by atomic mass is 10.0. The number of nitrogens with one attached hydrogen (secondary N) is 1. The molecule has 218 valence electrons. The molecule has 0 spiro atoms. The zero-order valence-corrected chi connectivity index (χ0v) is 26.5. The molecule has 5 aromatic rings.